The molecule has 2 aliphatic rings. The van der Waals surface area contributed by atoms with Crippen LogP contribution in [0.2, 0.25) is 0 Å². The van der Waals surface area contributed by atoms with Crippen LogP contribution in [0, 0.1) is 11.8 Å². The number of carbonyl (C=O) groups excluding carboxylic acids is 1. The van der Waals surface area contributed by atoms with E-state index in [1.807, 2.05) is 27.7 Å². The number of carboxylic acids is 5. The van der Waals surface area contributed by atoms with E-state index in [1.54, 1.807) is 14.0 Å². The fourth-order valence-electron chi connectivity index (χ4n) is 3.04. The maximum Gasteiger partial charge on any atom is 0.326 e. The number of likely N-dealkylation sites (N-methyl/N-ethyl adjacent to an activating group) is 1. The Bertz CT molecular complexity index is 807. The molecule has 2 aliphatic heterocycles. The summed E-state index contributed by atoms with van der Waals surface area (Å²) in [4.78, 5) is 60.7. The van der Waals surface area contributed by atoms with E-state index in [4.69, 9.17) is 37.0 Å². The summed E-state index contributed by atoms with van der Waals surface area (Å²) in [5.74, 6) is -3.76. The van der Waals surface area contributed by atoms with E-state index in [-0.39, 0.29) is 11.9 Å². The zero-order valence-corrected chi connectivity index (χ0v) is 25.3. The summed E-state index contributed by atoms with van der Waals surface area (Å²) >= 11 is 0. The van der Waals surface area contributed by atoms with Gasteiger partial charge in [-0.1, -0.05) is 27.7 Å². The van der Waals surface area contributed by atoms with Crippen molar-refractivity contribution in [2.75, 3.05) is 13.6 Å². The number of carbonyl (C=O) groups is 6. The molecule has 1 amide bonds. The van der Waals surface area contributed by atoms with Gasteiger partial charge in [0.2, 0.25) is 5.91 Å². The molecule has 1 unspecified atom stereocenters. The van der Waals surface area contributed by atoms with Gasteiger partial charge < -0.3 is 53.0 Å². The van der Waals surface area contributed by atoms with E-state index in [2.05, 4.69) is 16.0 Å². The first-order valence-corrected chi connectivity index (χ1v) is 13.6. The number of rotatable bonds is 10. The van der Waals surface area contributed by atoms with E-state index in [9.17, 15) is 28.8 Å². The Balaban J connectivity index is -0.000000454. The van der Waals surface area contributed by atoms with Crippen LogP contribution in [0.5, 0.6) is 0 Å². The first-order valence-electron chi connectivity index (χ1n) is 13.6. The minimum Gasteiger partial charge on any atom is -0.480 e. The molecule has 0 aromatic carbocycles. The Labute approximate surface area is 246 Å². The van der Waals surface area contributed by atoms with E-state index in [0.29, 0.717) is 37.5 Å². The Morgan fingerprint density at radius 1 is 0.786 bits per heavy atom. The quantitative estimate of drug-likeness (QED) is 0.153. The summed E-state index contributed by atoms with van der Waals surface area (Å²) in [6, 6.07) is -2.72. The second kappa shape index (κ2) is 24.3. The van der Waals surface area contributed by atoms with Crippen molar-refractivity contribution >= 4 is 35.8 Å². The lowest BCUT2D eigenvalue weighted by Gasteiger charge is -2.07. The van der Waals surface area contributed by atoms with Gasteiger partial charge in [0.15, 0.2) is 0 Å². The third kappa shape index (κ3) is 25.6. The van der Waals surface area contributed by atoms with Gasteiger partial charge in [0.05, 0.1) is 0 Å². The van der Waals surface area contributed by atoms with E-state index >= 15 is 0 Å². The molecule has 2 saturated heterocycles. The molecule has 246 valence electrons. The minimum atomic E-state index is -0.944. The summed E-state index contributed by atoms with van der Waals surface area (Å²) in [6.07, 6.45) is 3.65. The molecule has 2 rings (SSSR count). The summed E-state index contributed by atoms with van der Waals surface area (Å²) in [7, 11) is 1.61. The highest BCUT2D eigenvalue weighted by molar-refractivity contribution is 5.87. The van der Waals surface area contributed by atoms with Gasteiger partial charge >= 0.3 is 29.8 Å². The first kappa shape index (κ1) is 43.1. The van der Waals surface area contributed by atoms with Crippen molar-refractivity contribution in [2.24, 2.45) is 23.3 Å². The van der Waals surface area contributed by atoms with Crippen molar-refractivity contribution in [3.8, 4) is 0 Å². The summed E-state index contributed by atoms with van der Waals surface area (Å²) in [5, 5.41) is 49.1. The summed E-state index contributed by atoms with van der Waals surface area (Å²) in [5.41, 5.74) is 10.4. The van der Waals surface area contributed by atoms with Gasteiger partial charge in [-0.25, -0.2) is 4.79 Å². The normalized spacial score (nSPS) is 19.0. The van der Waals surface area contributed by atoms with Gasteiger partial charge in [0, 0.05) is 6.42 Å². The number of nitrogens with two attached hydrogens (primary N) is 2. The molecular formula is C26H51N5O11. The highest BCUT2D eigenvalue weighted by atomic mass is 16.4. The topological polar surface area (TPSA) is 292 Å². The highest BCUT2D eigenvalue weighted by Crippen LogP contribution is 2.05. The standard InChI is InChI=1S/2C6H13NO2.C5H7NO3.C5H9NO2.C4H9NO2/c2*1-4(2)3-5(7)6(8)9;7-4-2-1-3(6-4)5(8)9;7-5(8)4-2-1-3-6-4;1-3(5-2)4(6)7/h2*4-5H,3,7H2,1-2H3,(H,8,9);3H,1-2H2,(H,6,7)(H,8,9);4,6H,1-3H2,(H,7,8);3,5H,1-2H3,(H,6,7)/t5-;;3-;4-;3-/m0.000/s1. The maximum absolute atomic E-state index is 10.4. The second-order valence-corrected chi connectivity index (χ2v) is 10.5. The maximum atomic E-state index is 10.4. The summed E-state index contributed by atoms with van der Waals surface area (Å²) in [6.45, 7) is 10.2. The van der Waals surface area contributed by atoms with Crippen LogP contribution in [0.25, 0.3) is 0 Å². The predicted molar refractivity (Wildman–Crippen MR) is 154 cm³/mol. The summed E-state index contributed by atoms with van der Waals surface area (Å²) < 4.78 is 0. The minimum absolute atomic E-state index is 0.164. The van der Waals surface area contributed by atoms with Crippen LogP contribution in [0.3, 0.4) is 0 Å². The van der Waals surface area contributed by atoms with Crippen molar-refractivity contribution in [3.05, 3.63) is 0 Å². The second-order valence-electron chi connectivity index (χ2n) is 10.5. The lowest BCUT2D eigenvalue weighted by molar-refractivity contribution is -0.140. The molecule has 42 heavy (non-hydrogen) atoms. The van der Waals surface area contributed by atoms with Gasteiger partial charge in [-0.2, -0.15) is 0 Å². The molecule has 0 saturated carbocycles. The average Bonchev–Trinajstić information content (AvgIpc) is 3.56. The van der Waals surface area contributed by atoms with Crippen molar-refractivity contribution in [2.45, 2.75) is 103 Å². The molecule has 2 heterocycles. The molecule has 16 heteroatoms. The number of nitrogens with one attached hydrogen (secondary N) is 3. The van der Waals surface area contributed by atoms with Crippen LogP contribution in [-0.4, -0.2) is 105 Å². The number of hydrogen-bond donors (Lipinski definition) is 10. The SMILES string of the molecule is CC(C)CC(N)C(=O)O.CC(C)C[C@H](N)C(=O)O.CN[C@@H](C)C(=O)O.O=C(O)[C@@H]1CCCN1.O=C1CC[C@@H](C(=O)O)N1. The van der Waals surface area contributed by atoms with Crippen molar-refractivity contribution in [3.63, 3.8) is 0 Å². The van der Waals surface area contributed by atoms with E-state index < -0.39 is 54.0 Å². The van der Waals surface area contributed by atoms with Gasteiger partial charge in [0.25, 0.3) is 0 Å². The van der Waals surface area contributed by atoms with Crippen LogP contribution < -0.4 is 27.4 Å². The molecule has 16 nitrogen and oxygen atoms in total. The van der Waals surface area contributed by atoms with Crippen LogP contribution in [0.1, 0.15) is 73.1 Å². The fourth-order valence-corrected chi connectivity index (χ4v) is 3.04. The van der Waals surface area contributed by atoms with Crippen molar-refractivity contribution < 1.29 is 54.3 Å². The molecule has 5 atom stereocenters. The van der Waals surface area contributed by atoms with Gasteiger partial charge in [0.1, 0.15) is 30.2 Å². The molecule has 0 spiro atoms. The molecular weight excluding hydrogens is 558 g/mol. The van der Waals surface area contributed by atoms with E-state index in [1.165, 1.54) is 0 Å². The molecule has 0 aromatic heterocycles. The monoisotopic (exact) mass is 609 g/mol. The number of amides is 1. The first-order chi connectivity index (χ1) is 19.3. The molecule has 0 aliphatic carbocycles. The van der Waals surface area contributed by atoms with Gasteiger partial charge in [-0.15, -0.1) is 0 Å². The third-order valence-corrected chi connectivity index (χ3v) is 5.54. The molecule has 0 aromatic rings. The Morgan fingerprint density at radius 2 is 1.21 bits per heavy atom. The lowest BCUT2D eigenvalue weighted by Crippen LogP contribution is -2.32. The fraction of sp³-hybridized carbons (Fsp3) is 0.769. The molecule has 0 radical (unpaired) electrons. The number of aliphatic carboxylic acids is 5. The van der Waals surface area contributed by atoms with Crippen molar-refractivity contribution in [1.29, 1.82) is 0 Å². The zero-order chi connectivity index (χ0) is 33.6. The van der Waals surface area contributed by atoms with Crippen LogP contribution in [0.15, 0.2) is 0 Å². The van der Waals surface area contributed by atoms with Gasteiger partial charge in [-0.3, -0.25) is 24.0 Å². The molecule has 12 N–H and O–H groups in total. The Hall–Kier alpha value is -3.34. The lowest BCUT2D eigenvalue weighted by atomic mass is 10.1. The smallest absolute Gasteiger partial charge is 0.326 e. The largest absolute Gasteiger partial charge is 0.480 e. The molecule has 0 bridgehead atoms. The average molecular weight is 610 g/mol. The Kier molecular flexibility index (Phi) is 24.9. The van der Waals surface area contributed by atoms with E-state index in [0.717, 1.165) is 19.4 Å². The van der Waals surface area contributed by atoms with Crippen LogP contribution in [0.4, 0.5) is 0 Å². The highest BCUT2D eigenvalue weighted by Gasteiger charge is 2.26. The Morgan fingerprint density at radius 3 is 1.33 bits per heavy atom. The van der Waals surface area contributed by atoms with Crippen molar-refractivity contribution in [1.82, 2.24) is 16.0 Å². The zero-order valence-electron chi connectivity index (χ0n) is 25.3. The van der Waals surface area contributed by atoms with Crippen LogP contribution in [-0.2, 0) is 28.8 Å². The number of hydrogen-bond acceptors (Lipinski definition) is 10. The predicted octanol–water partition coefficient (Wildman–Crippen LogP) is -0.260. The molecule has 2 fully saturated rings. The van der Waals surface area contributed by atoms with Gasteiger partial charge in [-0.05, 0) is 64.5 Å². The third-order valence-electron chi connectivity index (χ3n) is 5.54. The number of carboxylic acid groups (broad SMARTS) is 5. The van der Waals surface area contributed by atoms with Crippen LogP contribution >= 0.6 is 0 Å².